The Hall–Kier alpha value is -2.22. The zero-order valence-corrected chi connectivity index (χ0v) is 11.2. The average molecular weight is 314 g/mol. The first-order valence-electron chi connectivity index (χ1n) is 5.71. The number of rotatable bonds is 4. The lowest BCUT2D eigenvalue weighted by Crippen LogP contribution is -2.04. The molecule has 2 aromatic rings. The molecule has 0 heterocycles. The van der Waals surface area contributed by atoms with Gasteiger partial charge < -0.3 is 4.72 Å². The molecule has 0 aliphatic heterocycles. The molecule has 1 N–H and O–H groups in total. The van der Waals surface area contributed by atoms with E-state index < -0.39 is 16.7 Å². The molecular formula is C13H9F3N2O2S. The van der Waals surface area contributed by atoms with Crippen LogP contribution in [-0.4, -0.2) is 4.92 Å². The molecule has 4 nitrogen and oxygen atoms in total. The number of hydrogen-bond donors (Lipinski definition) is 1. The van der Waals surface area contributed by atoms with Crippen molar-refractivity contribution in [3.05, 3.63) is 64.2 Å². The van der Waals surface area contributed by atoms with Gasteiger partial charge in [-0.1, -0.05) is 18.2 Å². The van der Waals surface area contributed by atoms with Gasteiger partial charge in [0.2, 0.25) is 0 Å². The molecule has 0 aliphatic carbocycles. The monoisotopic (exact) mass is 314 g/mol. The summed E-state index contributed by atoms with van der Waals surface area (Å²) < 4.78 is 40.4. The van der Waals surface area contributed by atoms with Crippen LogP contribution in [0.15, 0.2) is 53.4 Å². The molecule has 0 spiro atoms. The molecule has 0 amide bonds. The van der Waals surface area contributed by atoms with E-state index in [9.17, 15) is 23.3 Å². The topological polar surface area (TPSA) is 55.2 Å². The molecule has 110 valence electrons. The molecule has 0 aromatic heterocycles. The third kappa shape index (κ3) is 3.88. The summed E-state index contributed by atoms with van der Waals surface area (Å²) in [6.45, 7) is 0. The number of benzene rings is 2. The predicted molar refractivity (Wildman–Crippen MR) is 74.0 cm³/mol. The van der Waals surface area contributed by atoms with Crippen LogP contribution in [0.25, 0.3) is 0 Å². The Morgan fingerprint density at radius 2 is 1.81 bits per heavy atom. The quantitative estimate of drug-likeness (QED) is 0.503. The van der Waals surface area contributed by atoms with Gasteiger partial charge >= 0.3 is 6.18 Å². The zero-order valence-electron chi connectivity index (χ0n) is 10.4. The maximum atomic E-state index is 12.6. The van der Waals surface area contributed by atoms with E-state index in [4.69, 9.17) is 0 Å². The summed E-state index contributed by atoms with van der Waals surface area (Å²) in [4.78, 5) is 10.6. The Balaban J connectivity index is 2.16. The van der Waals surface area contributed by atoms with Crippen LogP contribution >= 0.6 is 11.9 Å². The van der Waals surface area contributed by atoms with E-state index in [1.165, 1.54) is 30.3 Å². The smallest absolute Gasteiger partial charge is 0.325 e. The molecule has 0 saturated heterocycles. The summed E-state index contributed by atoms with van der Waals surface area (Å²) in [5.74, 6) is 0. The fraction of sp³-hybridized carbons (Fsp3) is 0.0769. The first-order chi connectivity index (χ1) is 9.88. The van der Waals surface area contributed by atoms with Gasteiger partial charge in [-0.2, -0.15) is 13.2 Å². The largest absolute Gasteiger partial charge is 0.416 e. The molecule has 0 radical (unpaired) electrons. The fourth-order valence-corrected chi connectivity index (χ4v) is 2.32. The van der Waals surface area contributed by atoms with Crippen LogP contribution in [0.3, 0.4) is 0 Å². The SMILES string of the molecule is O=[N+]([O-])c1ccccc1SNc1cccc(C(F)(F)F)c1. The molecule has 8 heteroatoms. The first kappa shape index (κ1) is 15.2. The van der Waals surface area contributed by atoms with Crippen LogP contribution in [0.4, 0.5) is 24.5 Å². The second-order valence-electron chi connectivity index (χ2n) is 4.01. The van der Waals surface area contributed by atoms with Crippen molar-refractivity contribution in [1.82, 2.24) is 0 Å². The highest BCUT2D eigenvalue weighted by molar-refractivity contribution is 8.00. The number of para-hydroxylation sites is 1. The Morgan fingerprint density at radius 3 is 2.48 bits per heavy atom. The zero-order chi connectivity index (χ0) is 15.5. The number of nitrogens with zero attached hydrogens (tertiary/aromatic N) is 1. The number of nitro groups is 1. The van der Waals surface area contributed by atoms with Crippen LogP contribution in [0.5, 0.6) is 0 Å². The van der Waals surface area contributed by atoms with Gasteiger partial charge in [0.1, 0.15) is 4.90 Å². The summed E-state index contributed by atoms with van der Waals surface area (Å²) >= 11 is 0.889. The fourth-order valence-electron chi connectivity index (χ4n) is 1.57. The molecule has 0 bridgehead atoms. The number of halogens is 3. The lowest BCUT2D eigenvalue weighted by molar-refractivity contribution is -0.387. The van der Waals surface area contributed by atoms with E-state index in [-0.39, 0.29) is 11.4 Å². The molecule has 0 unspecified atom stereocenters. The van der Waals surface area contributed by atoms with E-state index in [1.807, 2.05) is 0 Å². The molecule has 0 saturated carbocycles. The molecule has 0 aliphatic rings. The summed E-state index contributed by atoms with van der Waals surface area (Å²) in [7, 11) is 0. The Labute approximate surface area is 122 Å². The Morgan fingerprint density at radius 1 is 1.10 bits per heavy atom. The number of alkyl halides is 3. The summed E-state index contributed by atoms with van der Waals surface area (Å²) in [6.07, 6.45) is -4.43. The lowest BCUT2D eigenvalue weighted by Gasteiger charge is -2.10. The van der Waals surface area contributed by atoms with Crippen molar-refractivity contribution in [1.29, 1.82) is 0 Å². The van der Waals surface area contributed by atoms with Crippen molar-refractivity contribution in [2.45, 2.75) is 11.1 Å². The van der Waals surface area contributed by atoms with Crippen LogP contribution < -0.4 is 4.72 Å². The van der Waals surface area contributed by atoms with E-state index in [1.54, 1.807) is 6.07 Å². The predicted octanol–water partition coefficient (Wildman–Crippen LogP) is 4.73. The Bertz CT molecular complexity index is 662. The van der Waals surface area contributed by atoms with Crippen molar-refractivity contribution >= 4 is 23.3 Å². The van der Waals surface area contributed by atoms with Crippen LogP contribution in [0, 0.1) is 10.1 Å². The van der Waals surface area contributed by atoms with E-state index in [2.05, 4.69) is 4.72 Å². The minimum Gasteiger partial charge on any atom is -0.325 e. The second kappa shape index (κ2) is 6.04. The standard InChI is InChI=1S/C13H9F3N2O2S/c14-13(15,16)9-4-3-5-10(8-9)17-21-12-7-2-1-6-11(12)18(19)20/h1-8,17H. The van der Waals surface area contributed by atoms with Crippen molar-refractivity contribution in [2.75, 3.05) is 4.72 Å². The van der Waals surface area contributed by atoms with E-state index >= 15 is 0 Å². The lowest BCUT2D eigenvalue weighted by atomic mass is 10.2. The highest BCUT2D eigenvalue weighted by Gasteiger charge is 2.30. The van der Waals surface area contributed by atoms with Gasteiger partial charge in [0, 0.05) is 11.8 Å². The highest BCUT2D eigenvalue weighted by atomic mass is 32.2. The number of nitro benzene ring substituents is 1. The molecule has 21 heavy (non-hydrogen) atoms. The van der Waals surface area contributed by atoms with Crippen molar-refractivity contribution in [3.8, 4) is 0 Å². The maximum Gasteiger partial charge on any atom is 0.416 e. The summed E-state index contributed by atoms with van der Waals surface area (Å²) in [6, 6.07) is 10.6. The first-order valence-corrected chi connectivity index (χ1v) is 6.53. The molecule has 2 aromatic carbocycles. The molecule has 0 fully saturated rings. The number of nitrogens with one attached hydrogen (secondary N) is 1. The molecule has 0 atom stereocenters. The summed E-state index contributed by atoms with van der Waals surface area (Å²) in [5, 5.41) is 10.8. The number of anilines is 1. The van der Waals surface area contributed by atoms with Crippen LogP contribution in [0.1, 0.15) is 5.56 Å². The highest BCUT2D eigenvalue weighted by Crippen LogP contribution is 2.33. The third-order valence-corrected chi connectivity index (χ3v) is 3.43. The van der Waals surface area contributed by atoms with Gasteiger partial charge in [0.15, 0.2) is 0 Å². The molecule has 2 rings (SSSR count). The average Bonchev–Trinajstić information content (AvgIpc) is 2.45. The van der Waals surface area contributed by atoms with Crippen LogP contribution in [-0.2, 0) is 6.18 Å². The minimum atomic E-state index is -4.43. The number of hydrogen-bond acceptors (Lipinski definition) is 4. The van der Waals surface area contributed by atoms with Gasteiger partial charge in [-0.15, -0.1) is 0 Å². The van der Waals surface area contributed by atoms with Gasteiger partial charge in [-0.05, 0) is 36.2 Å². The molecular weight excluding hydrogens is 305 g/mol. The van der Waals surface area contributed by atoms with Gasteiger partial charge in [0.05, 0.1) is 10.5 Å². The van der Waals surface area contributed by atoms with E-state index in [0.29, 0.717) is 4.90 Å². The van der Waals surface area contributed by atoms with Gasteiger partial charge in [-0.3, -0.25) is 10.1 Å². The normalized spacial score (nSPS) is 11.2. The Kier molecular flexibility index (Phi) is 4.37. The van der Waals surface area contributed by atoms with Crippen molar-refractivity contribution < 1.29 is 18.1 Å². The van der Waals surface area contributed by atoms with E-state index in [0.717, 1.165) is 24.1 Å². The second-order valence-corrected chi connectivity index (χ2v) is 4.86. The maximum absolute atomic E-state index is 12.6. The third-order valence-electron chi connectivity index (χ3n) is 2.53. The van der Waals surface area contributed by atoms with Crippen molar-refractivity contribution in [3.63, 3.8) is 0 Å². The van der Waals surface area contributed by atoms with Crippen molar-refractivity contribution in [2.24, 2.45) is 0 Å². The minimum absolute atomic E-state index is 0.109. The summed E-state index contributed by atoms with van der Waals surface area (Å²) in [5.41, 5.74) is -0.675. The van der Waals surface area contributed by atoms with Crippen LogP contribution in [0.2, 0.25) is 0 Å². The van der Waals surface area contributed by atoms with Gasteiger partial charge in [0.25, 0.3) is 5.69 Å². The van der Waals surface area contributed by atoms with Gasteiger partial charge in [-0.25, -0.2) is 0 Å².